The Bertz CT molecular complexity index is 794. The minimum atomic E-state index is -0.897. The van der Waals surface area contributed by atoms with Gasteiger partial charge < -0.3 is 19.9 Å². The van der Waals surface area contributed by atoms with Crippen molar-refractivity contribution in [2.75, 3.05) is 18.5 Å². The molecule has 2 unspecified atom stereocenters. The van der Waals surface area contributed by atoms with Crippen LogP contribution in [0, 0.1) is 0 Å². The first-order valence-corrected chi connectivity index (χ1v) is 9.32. The lowest BCUT2D eigenvalue weighted by Crippen LogP contribution is -2.48. The van der Waals surface area contributed by atoms with Crippen LogP contribution >= 0.6 is 11.6 Å². The summed E-state index contributed by atoms with van der Waals surface area (Å²) in [6, 6.07) is 14.3. The van der Waals surface area contributed by atoms with Gasteiger partial charge in [0, 0.05) is 16.3 Å². The van der Waals surface area contributed by atoms with E-state index in [-0.39, 0.29) is 18.4 Å². The van der Waals surface area contributed by atoms with Crippen LogP contribution in [0.1, 0.15) is 37.5 Å². The molecule has 6 heteroatoms. The summed E-state index contributed by atoms with van der Waals surface area (Å²) in [5.74, 6) is -0.206. The average molecular weight is 390 g/mol. The molecular weight excluding hydrogens is 366 g/mol. The van der Waals surface area contributed by atoms with Crippen LogP contribution in [0.5, 0.6) is 0 Å². The van der Waals surface area contributed by atoms with Gasteiger partial charge in [-0.1, -0.05) is 41.9 Å². The number of ether oxygens (including phenoxy) is 2. The molecule has 2 aromatic rings. The Morgan fingerprint density at radius 3 is 2.70 bits per heavy atom. The minimum absolute atomic E-state index is 0.163. The van der Waals surface area contributed by atoms with Crippen LogP contribution in [0.3, 0.4) is 0 Å². The first kappa shape index (κ1) is 19.8. The zero-order chi connectivity index (χ0) is 19.4. The molecule has 0 aromatic heterocycles. The molecule has 2 atom stereocenters. The molecule has 0 radical (unpaired) electrons. The van der Waals surface area contributed by atoms with Crippen LogP contribution in [0.2, 0.25) is 5.02 Å². The Hall–Kier alpha value is -1.92. The largest absolute Gasteiger partial charge is 0.384 e. The lowest BCUT2D eigenvalue weighted by atomic mass is 9.96. The summed E-state index contributed by atoms with van der Waals surface area (Å²) in [7, 11) is 0. The number of nitrogens with one attached hydrogen (secondary N) is 1. The van der Waals surface area contributed by atoms with Crippen LogP contribution in [0.15, 0.2) is 48.5 Å². The van der Waals surface area contributed by atoms with Crippen molar-refractivity contribution in [3.63, 3.8) is 0 Å². The molecule has 0 aliphatic carbocycles. The van der Waals surface area contributed by atoms with Gasteiger partial charge in [-0.05, 0) is 37.6 Å². The highest BCUT2D eigenvalue weighted by Crippen LogP contribution is 2.31. The Morgan fingerprint density at radius 1 is 1.26 bits per heavy atom. The third-order valence-corrected chi connectivity index (χ3v) is 4.96. The second kappa shape index (κ2) is 8.40. The third-order valence-electron chi connectivity index (χ3n) is 4.72. The number of halogens is 1. The smallest absolute Gasteiger partial charge is 0.227 e. The van der Waals surface area contributed by atoms with Crippen LogP contribution < -0.4 is 5.32 Å². The molecule has 0 spiro atoms. The molecule has 1 heterocycles. The van der Waals surface area contributed by atoms with Gasteiger partial charge in [0.05, 0.1) is 31.3 Å². The number of hydrogen-bond acceptors (Lipinski definition) is 4. The Balaban J connectivity index is 1.77. The fourth-order valence-corrected chi connectivity index (χ4v) is 3.33. The highest BCUT2D eigenvalue weighted by Gasteiger charge is 2.36. The van der Waals surface area contributed by atoms with Crippen molar-refractivity contribution in [3.8, 4) is 0 Å². The molecule has 1 aliphatic rings. The topological polar surface area (TPSA) is 67.8 Å². The third kappa shape index (κ3) is 4.87. The first-order chi connectivity index (χ1) is 12.9. The van der Waals surface area contributed by atoms with Crippen molar-refractivity contribution >= 4 is 23.2 Å². The summed E-state index contributed by atoms with van der Waals surface area (Å²) in [5.41, 5.74) is 1.26. The number of amides is 1. The molecule has 144 valence electrons. The first-order valence-electron chi connectivity index (χ1n) is 8.95. The number of benzene rings is 2. The minimum Gasteiger partial charge on any atom is -0.384 e. The fourth-order valence-electron chi connectivity index (χ4n) is 3.15. The van der Waals surface area contributed by atoms with Gasteiger partial charge in [0.15, 0.2) is 0 Å². The lowest BCUT2D eigenvalue weighted by molar-refractivity contribution is -0.188. The van der Waals surface area contributed by atoms with Gasteiger partial charge in [-0.25, -0.2) is 0 Å². The van der Waals surface area contributed by atoms with Crippen LogP contribution in [-0.4, -0.2) is 35.9 Å². The van der Waals surface area contributed by atoms with E-state index in [1.54, 1.807) is 18.2 Å². The van der Waals surface area contributed by atoms with Gasteiger partial charge in [-0.2, -0.15) is 0 Å². The highest BCUT2D eigenvalue weighted by atomic mass is 35.5. The number of carbonyl (C=O) groups excluding carboxylic acids is 1. The molecule has 5 nitrogen and oxygen atoms in total. The molecule has 1 fully saturated rings. The summed E-state index contributed by atoms with van der Waals surface area (Å²) in [6.07, 6.45) is -1.07. The zero-order valence-corrected chi connectivity index (χ0v) is 16.2. The maximum atomic E-state index is 12.6. The predicted octanol–water partition coefficient (Wildman–Crippen LogP) is 3.94. The van der Waals surface area contributed by atoms with Crippen LogP contribution in [0.4, 0.5) is 5.69 Å². The average Bonchev–Trinajstić information content (AvgIpc) is 2.65. The summed E-state index contributed by atoms with van der Waals surface area (Å²) >= 11 is 6.12. The monoisotopic (exact) mass is 389 g/mol. The number of hydrogen-bond donors (Lipinski definition) is 2. The number of anilines is 1. The van der Waals surface area contributed by atoms with Gasteiger partial charge in [0.2, 0.25) is 5.91 Å². The van der Waals surface area contributed by atoms with Crippen LogP contribution in [0.25, 0.3) is 0 Å². The van der Waals surface area contributed by atoms with E-state index in [0.29, 0.717) is 29.5 Å². The molecule has 1 amide bonds. The van der Waals surface area contributed by atoms with Gasteiger partial charge in [0.1, 0.15) is 6.10 Å². The summed E-state index contributed by atoms with van der Waals surface area (Å²) in [5, 5.41) is 14.1. The maximum absolute atomic E-state index is 12.6. The second-order valence-electron chi connectivity index (χ2n) is 7.11. The molecule has 2 N–H and O–H groups in total. The van der Waals surface area contributed by atoms with E-state index >= 15 is 0 Å². The van der Waals surface area contributed by atoms with E-state index in [9.17, 15) is 9.90 Å². The van der Waals surface area contributed by atoms with Crippen molar-refractivity contribution in [3.05, 3.63) is 64.7 Å². The van der Waals surface area contributed by atoms with Crippen LogP contribution in [-0.2, 0) is 14.3 Å². The van der Waals surface area contributed by atoms with E-state index in [1.807, 2.05) is 44.2 Å². The van der Waals surface area contributed by atoms with E-state index in [1.165, 1.54) is 0 Å². The molecule has 2 aromatic carbocycles. The fraction of sp³-hybridized carbons (Fsp3) is 0.381. The lowest BCUT2D eigenvalue weighted by Gasteiger charge is -2.38. The molecule has 3 rings (SSSR count). The Kier molecular flexibility index (Phi) is 6.17. The summed E-state index contributed by atoms with van der Waals surface area (Å²) < 4.78 is 11.4. The molecule has 0 bridgehead atoms. The van der Waals surface area contributed by atoms with Crippen molar-refractivity contribution in [1.29, 1.82) is 0 Å². The molecule has 1 saturated heterocycles. The number of aliphatic hydroxyl groups is 1. The summed E-state index contributed by atoms with van der Waals surface area (Å²) in [6.45, 7) is 4.82. The Morgan fingerprint density at radius 2 is 2.00 bits per heavy atom. The van der Waals surface area contributed by atoms with Gasteiger partial charge in [-0.3, -0.25) is 4.79 Å². The SMILES string of the molecule is CC1(C)OCCOC1CC(=O)Nc1ccc(Cl)cc1C(O)c1ccccc1. The highest BCUT2D eigenvalue weighted by molar-refractivity contribution is 6.30. The van der Waals surface area contributed by atoms with Crippen molar-refractivity contribution in [1.82, 2.24) is 0 Å². The van der Waals surface area contributed by atoms with E-state index in [4.69, 9.17) is 21.1 Å². The van der Waals surface area contributed by atoms with Crippen molar-refractivity contribution < 1.29 is 19.4 Å². The van der Waals surface area contributed by atoms with E-state index in [0.717, 1.165) is 5.56 Å². The van der Waals surface area contributed by atoms with E-state index in [2.05, 4.69) is 5.32 Å². The van der Waals surface area contributed by atoms with Gasteiger partial charge >= 0.3 is 0 Å². The number of carbonyl (C=O) groups is 1. The van der Waals surface area contributed by atoms with E-state index < -0.39 is 11.7 Å². The molecule has 27 heavy (non-hydrogen) atoms. The number of aliphatic hydroxyl groups excluding tert-OH is 1. The van der Waals surface area contributed by atoms with Gasteiger partial charge in [0.25, 0.3) is 0 Å². The zero-order valence-electron chi connectivity index (χ0n) is 15.4. The molecule has 1 aliphatic heterocycles. The summed E-state index contributed by atoms with van der Waals surface area (Å²) in [4.78, 5) is 12.6. The standard InChI is InChI=1S/C21H24ClNO4/c1-21(2)18(26-10-11-27-21)13-19(24)23-17-9-8-15(22)12-16(17)20(25)14-6-4-3-5-7-14/h3-9,12,18,20,25H,10-11,13H2,1-2H3,(H,23,24). The van der Waals surface area contributed by atoms with Gasteiger partial charge in [-0.15, -0.1) is 0 Å². The molecule has 0 saturated carbocycles. The number of rotatable bonds is 5. The second-order valence-corrected chi connectivity index (χ2v) is 7.54. The molecular formula is C21H24ClNO4. The van der Waals surface area contributed by atoms with Crippen molar-refractivity contribution in [2.24, 2.45) is 0 Å². The normalized spacial score (nSPS) is 20.1. The quantitative estimate of drug-likeness (QED) is 0.812. The van der Waals surface area contributed by atoms with Crippen molar-refractivity contribution in [2.45, 2.75) is 38.1 Å². The Labute approximate surface area is 164 Å². The predicted molar refractivity (Wildman–Crippen MR) is 105 cm³/mol. The maximum Gasteiger partial charge on any atom is 0.227 e.